The lowest BCUT2D eigenvalue weighted by Crippen LogP contribution is -2.42. The highest BCUT2D eigenvalue weighted by molar-refractivity contribution is 5.94. The average molecular weight is 427 g/mol. The highest BCUT2D eigenvalue weighted by Gasteiger charge is 2.19. The van der Waals surface area contributed by atoms with Crippen molar-refractivity contribution in [3.8, 4) is 5.75 Å². The van der Waals surface area contributed by atoms with Crippen LogP contribution in [-0.2, 0) is 17.8 Å². The quantitative estimate of drug-likeness (QED) is 0.384. The SMILES string of the molecule is NC(=O)CNCCOc1cccc(C(=O)NCC(O)CN2CCc3ccccc3C2)c1. The number of rotatable bonds is 11. The zero-order chi connectivity index (χ0) is 22.1. The molecule has 8 heteroatoms. The van der Waals surface area contributed by atoms with E-state index in [2.05, 4.69) is 33.7 Å². The molecule has 0 saturated carbocycles. The number of nitrogens with zero attached hydrogens (tertiary/aromatic N) is 1. The number of hydrogen-bond acceptors (Lipinski definition) is 6. The van der Waals surface area contributed by atoms with Crippen molar-refractivity contribution in [2.75, 3.05) is 39.3 Å². The molecule has 5 N–H and O–H groups in total. The molecule has 0 bridgehead atoms. The molecule has 0 aliphatic carbocycles. The van der Waals surface area contributed by atoms with E-state index in [1.165, 1.54) is 11.1 Å². The number of hydrogen-bond donors (Lipinski definition) is 4. The lowest BCUT2D eigenvalue weighted by molar-refractivity contribution is -0.117. The predicted octanol–water partition coefficient (Wildman–Crippen LogP) is 0.289. The third-order valence-electron chi connectivity index (χ3n) is 5.12. The van der Waals surface area contributed by atoms with Gasteiger partial charge in [-0.15, -0.1) is 0 Å². The van der Waals surface area contributed by atoms with Gasteiger partial charge in [-0.1, -0.05) is 30.3 Å². The van der Waals surface area contributed by atoms with Crippen LogP contribution in [-0.4, -0.2) is 67.3 Å². The molecule has 1 unspecified atom stereocenters. The third-order valence-corrected chi connectivity index (χ3v) is 5.12. The van der Waals surface area contributed by atoms with E-state index in [1.54, 1.807) is 24.3 Å². The number of carbonyl (C=O) groups is 2. The lowest BCUT2D eigenvalue weighted by atomic mass is 10.00. The van der Waals surface area contributed by atoms with Crippen LogP contribution in [0.25, 0.3) is 0 Å². The van der Waals surface area contributed by atoms with Crippen LogP contribution in [0.1, 0.15) is 21.5 Å². The van der Waals surface area contributed by atoms with Gasteiger partial charge in [0, 0.05) is 38.3 Å². The molecule has 2 amide bonds. The van der Waals surface area contributed by atoms with Crippen molar-refractivity contribution >= 4 is 11.8 Å². The Balaban J connectivity index is 1.40. The molecule has 31 heavy (non-hydrogen) atoms. The number of carbonyl (C=O) groups excluding carboxylic acids is 2. The molecule has 2 aromatic rings. The first-order valence-corrected chi connectivity index (χ1v) is 10.5. The number of primary amides is 1. The second kappa shape index (κ2) is 11.5. The summed E-state index contributed by atoms with van der Waals surface area (Å²) in [4.78, 5) is 25.3. The molecule has 1 heterocycles. The van der Waals surface area contributed by atoms with Crippen molar-refractivity contribution in [3.63, 3.8) is 0 Å². The smallest absolute Gasteiger partial charge is 0.251 e. The molecule has 0 saturated heterocycles. The number of nitrogens with one attached hydrogen (secondary N) is 2. The third kappa shape index (κ3) is 7.36. The Morgan fingerprint density at radius 3 is 2.77 bits per heavy atom. The number of β-amino-alcohol motifs (C(OH)–C–C–N with tert-alkyl or cyclic N) is 1. The Kier molecular flexibility index (Phi) is 8.40. The Labute approximate surface area is 182 Å². The minimum absolute atomic E-state index is 0.0953. The summed E-state index contributed by atoms with van der Waals surface area (Å²) in [6, 6.07) is 15.2. The summed E-state index contributed by atoms with van der Waals surface area (Å²) in [5, 5.41) is 16.0. The van der Waals surface area contributed by atoms with E-state index in [-0.39, 0.29) is 19.0 Å². The van der Waals surface area contributed by atoms with Gasteiger partial charge in [-0.2, -0.15) is 0 Å². The van der Waals surface area contributed by atoms with E-state index in [0.29, 0.717) is 31.0 Å². The van der Waals surface area contributed by atoms with Gasteiger partial charge in [0.1, 0.15) is 12.4 Å². The van der Waals surface area contributed by atoms with Gasteiger partial charge in [-0.05, 0) is 35.7 Å². The van der Waals surface area contributed by atoms with Crippen molar-refractivity contribution in [2.24, 2.45) is 5.73 Å². The van der Waals surface area contributed by atoms with Gasteiger partial charge in [-0.3, -0.25) is 14.5 Å². The fourth-order valence-electron chi connectivity index (χ4n) is 3.56. The molecular weight excluding hydrogens is 396 g/mol. The van der Waals surface area contributed by atoms with Crippen LogP contribution in [0.5, 0.6) is 5.75 Å². The Morgan fingerprint density at radius 1 is 1.16 bits per heavy atom. The Morgan fingerprint density at radius 2 is 1.97 bits per heavy atom. The topological polar surface area (TPSA) is 117 Å². The Hall–Kier alpha value is -2.94. The van der Waals surface area contributed by atoms with Crippen LogP contribution in [0.4, 0.5) is 0 Å². The first-order chi connectivity index (χ1) is 15.0. The number of aliphatic hydroxyl groups is 1. The van der Waals surface area contributed by atoms with Crippen molar-refractivity contribution in [1.29, 1.82) is 0 Å². The van der Waals surface area contributed by atoms with Crippen molar-refractivity contribution in [3.05, 3.63) is 65.2 Å². The molecule has 0 spiro atoms. The Bertz CT molecular complexity index is 889. The second-order valence-electron chi connectivity index (χ2n) is 7.64. The maximum Gasteiger partial charge on any atom is 0.251 e. The second-order valence-corrected chi connectivity index (χ2v) is 7.64. The molecule has 1 aliphatic heterocycles. The van der Waals surface area contributed by atoms with E-state index in [1.807, 2.05) is 6.07 Å². The molecule has 2 aromatic carbocycles. The number of nitrogens with two attached hydrogens (primary N) is 1. The van der Waals surface area contributed by atoms with Crippen LogP contribution in [0, 0.1) is 0 Å². The van der Waals surface area contributed by atoms with Gasteiger partial charge in [-0.25, -0.2) is 0 Å². The minimum atomic E-state index is -0.648. The highest BCUT2D eigenvalue weighted by atomic mass is 16.5. The molecule has 1 aliphatic rings. The van der Waals surface area contributed by atoms with E-state index in [9.17, 15) is 14.7 Å². The fraction of sp³-hybridized carbons (Fsp3) is 0.391. The number of benzene rings is 2. The monoisotopic (exact) mass is 426 g/mol. The molecule has 8 nitrogen and oxygen atoms in total. The van der Waals surface area contributed by atoms with E-state index in [4.69, 9.17) is 10.5 Å². The maximum atomic E-state index is 12.5. The van der Waals surface area contributed by atoms with Gasteiger partial charge >= 0.3 is 0 Å². The summed E-state index contributed by atoms with van der Waals surface area (Å²) in [7, 11) is 0. The summed E-state index contributed by atoms with van der Waals surface area (Å²) in [6.45, 7) is 3.31. The summed E-state index contributed by atoms with van der Waals surface area (Å²) >= 11 is 0. The summed E-state index contributed by atoms with van der Waals surface area (Å²) in [5.74, 6) is -0.132. The van der Waals surface area contributed by atoms with E-state index in [0.717, 1.165) is 19.5 Å². The van der Waals surface area contributed by atoms with Crippen molar-refractivity contribution in [1.82, 2.24) is 15.5 Å². The van der Waals surface area contributed by atoms with Crippen molar-refractivity contribution in [2.45, 2.75) is 19.1 Å². The standard InChI is InChI=1S/C23H30N4O4/c24-22(29)14-25-9-11-31-21-7-3-6-18(12-21)23(30)26-13-20(28)16-27-10-8-17-4-1-2-5-19(17)15-27/h1-7,12,20,25,28H,8-11,13-16H2,(H2,24,29)(H,26,30). The molecule has 0 aromatic heterocycles. The molecule has 3 rings (SSSR count). The number of amides is 2. The van der Waals surface area contributed by atoms with Gasteiger partial charge < -0.3 is 26.2 Å². The normalized spacial score (nSPS) is 14.5. The zero-order valence-electron chi connectivity index (χ0n) is 17.5. The maximum absolute atomic E-state index is 12.5. The van der Waals surface area contributed by atoms with Crippen molar-refractivity contribution < 1.29 is 19.4 Å². The van der Waals surface area contributed by atoms with E-state index >= 15 is 0 Å². The molecule has 1 atom stereocenters. The fourth-order valence-corrected chi connectivity index (χ4v) is 3.56. The van der Waals surface area contributed by atoms with Gasteiger partial charge in [0.25, 0.3) is 5.91 Å². The van der Waals surface area contributed by atoms with E-state index < -0.39 is 12.0 Å². The van der Waals surface area contributed by atoms with Gasteiger partial charge in [0.2, 0.25) is 5.91 Å². The summed E-state index contributed by atoms with van der Waals surface area (Å²) < 4.78 is 5.58. The molecular formula is C23H30N4O4. The minimum Gasteiger partial charge on any atom is -0.492 e. The first kappa shape index (κ1) is 22.7. The van der Waals surface area contributed by atoms with Crippen LogP contribution >= 0.6 is 0 Å². The molecule has 0 fully saturated rings. The van der Waals surface area contributed by atoms with Crippen LogP contribution in [0.15, 0.2) is 48.5 Å². The first-order valence-electron chi connectivity index (χ1n) is 10.5. The molecule has 0 radical (unpaired) electrons. The largest absolute Gasteiger partial charge is 0.492 e. The van der Waals surface area contributed by atoms with Crippen LogP contribution in [0.2, 0.25) is 0 Å². The number of aliphatic hydroxyl groups excluding tert-OH is 1. The predicted molar refractivity (Wildman–Crippen MR) is 118 cm³/mol. The summed E-state index contributed by atoms with van der Waals surface area (Å²) in [6.07, 6.45) is 0.324. The summed E-state index contributed by atoms with van der Waals surface area (Å²) in [5.41, 5.74) is 8.18. The average Bonchev–Trinajstić information content (AvgIpc) is 2.77. The zero-order valence-corrected chi connectivity index (χ0v) is 17.5. The molecule has 166 valence electrons. The van der Waals surface area contributed by atoms with Crippen LogP contribution in [0.3, 0.4) is 0 Å². The van der Waals surface area contributed by atoms with Gasteiger partial charge in [0.15, 0.2) is 0 Å². The number of ether oxygens (including phenoxy) is 1. The lowest BCUT2D eigenvalue weighted by Gasteiger charge is -2.30. The van der Waals surface area contributed by atoms with Gasteiger partial charge in [0.05, 0.1) is 12.6 Å². The van der Waals surface area contributed by atoms with Crippen LogP contribution < -0.4 is 21.1 Å². The number of fused-ring (bicyclic) bond motifs is 1. The highest BCUT2D eigenvalue weighted by Crippen LogP contribution is 2.18.